The Morgan fingerprint density at radius 1 is 0.898 bits per heavy atom. The molecule has 0 bridgehead atoms. The maximum atomic E-state index is 13.1. The van der Waals surface area contributed by atoms with E-state index in [-0.39, 0.29) is 22.0 Å². The van der Waals surface area contributed by atoms with Gasteiger partial charge in [-0.25, -0.2) is 15.0 Å². The fraction of sp³-hybridized carbons (Fsp3) is 0.302. The highest BCUT2D eigenvalue weighted by atomic mass is 31.1. The van der Waals surface area contributed by atoms with Crippen LogP contribution < -0.4 is 20.0 Å². The number of ether oxygens (including phenoxy) is 4. The van der Waals surface area contributed by atoms with Crippen molar-refractivity contribution in [2.75, 3.05) is 26.1 Å². The second-order valence-electron chi connectivity index (χ2n) is 15.1. The predicted molar refractivity (Wildman–Crippen MR) is 224 cm³/mol. The Bertz CT molecular complexity index is 2420. The van der Waals surface area contributed by atoms with Crippen molar-refractivity contribution in [3.63, 3.8) is 0 Å². The van der Waals surface area contributed by atoms with E-state index in [2.05, 4.69) is 53.7 Å². The number of nitrogens with zero attached hydrogens (tertiary/aromatic N) is 4. The number of carbonyl (C=O) groups is 1. The largest absolute Gasteiger partial charge is 0.694 e. The van der Waals surface area contributed by atoms with Crippen molar-refractivity contribution in [2.24, 2.45) is 0 Å². The van der Waals surface area contributed by atoms with Crippen molar-refractivity contribution < 1.29 is 42.8 Å². The van der Waals surface area contributed by atoms with Crippen LogP contribution in [0.4, 0.5) is 5.82 Å². The number of fused-ring (bicyclic) bond motifs is 1. The minimum absolute atomic E-state index is 0.0413. The number of carbonyl (C=O) groups excluding carboxylic acids is 1. The lowest BCUT2D eigenvalue weighted by Crippen LogP contribution is -2.46. The number of aliphatic hydroxyl groups is 1. The van der Waals surface area contributed by atoms with Gasteiger partial charge in [0.25, 0.3) is 5.91 Å². The van der Waals surface area contributed by atoms with E-state index in [9.17, 15) is 19.4 Å². The summed E-state index contributed by atoms with van der Waals surface area (Å²) in [5, 5.41) is 16.3. The molecule has 4 unspecified atom stereocenters. The minimum Gasteiger partial charge on any atom is -0.497 e. The van der Waals surface area contributed by atoms with E-state index in [0.717, 1.165) is 22.1 Å². The van der Waals surface area contributed by atoms with Crippen molar-refractivity contribution in [1.82, 2.24) is 19.5 Å². The number of aromatic nitrogens is 4. The quantitative estimate of drug-likeness (QED) is 0.0616. The van der Waals surface area contributed by atoms with Gasteiger partial charge >= 0.3 is 8.25 Å². The Morgan fingerprint density at radius 3 is 2.20 bits per heavy atom. The number of hydrogen-bond acceptors (Lipinski definition) is 11. The molecule has 3 N–H and O–H groups in total. The van der Waals surface area contributed by atoms with Gasteiger partial charge < -0.3 is 29.4 Å². The summed E-state index contributed by atoms with van der Waals surface area (Å²) in [7, 11) is -1.02. The Labute approximate surface area is 344 Å². The molecule has 0 aliphatic carbocycles. The Hall–Kier alpha value is -5.38. The van der Waals surface area contributed by atoms with Crippen LogP contribution in [-0.2, 0) is 24.2 Å². The van der Waals surface area contributed by atoms with Crippen molar-refractivity contribution >= 4 is 45.1 Å². The molecular formula is C43H46N5O9PSi+. The summed E-state index contributed by atoms with van der Waals surface area (Å²) in [4.78, 5) is 36.1. The third kappa shape index (κ3) is 8.41. The number of amides is 1. The zero-order valence-corrected chi connectivity index (χ0v) is 35.4. The third-order valence-electron chi connectivity index (χ3n) is 10.7. The van der Waals surface area contributed by atoms with Gasteiger partial charge in [0.1, 0.15) is 48.3 Å². The van der Waals surface area contributed by atoms with E-state index < -0.39 is 59.7 Å². The molecule has 59 heavy (non-hydrogen) atoms. The number of imidazole rings is 1. The van der Waals surface area contributed by atoms with Gasteiger partial charge in [0.2, 0.25) is 0 Å². The first kappa shape index (κ1) is 41.8. The normalized spacial score (nSPS) is 19.4. The molecule has 4 aromatic carbocycles. The highest BCUT2D eigenvalue weighted by molar-refractivity contribution is 7.32. The molecular weight excluding hydrogens is 790 g/mol. The highest BCUT2D eigenvalue weighted by Crippen LogP contribution is 2.46. The Kier molecular flexibility index (Phi) is 12.4. The fourth-order valence-electron chi connectivity index (χ4n) is 7.30. The van der Waals surface area contributed by atoms with Crippen LogP contribution >= 0.6 is 8.25 Å². The summed E-state index contributed by atoms with van der Waals surface area (Å²) in [6.45, 7) is 8.49. The molecule has 6 atom stereocenters. The van der Waals surface area contributed by atoms with E-state index in [1.807, 2.05) is 72.8 Å². The standard InChI is InChI=1S/C43H45N5O9PSi/c1-42(2,3)59(6)34-23-30(19-22-32(34)54-5)43(28-15-11-8-12-16-28,29-17-20-31(53-4)21-18-29)57-37-33(24-55-58(51)52)56-41(36(37)49)48-26-46-35-38(44-25-45-39(35)48)47-40(50)27-13-9-7-10-14-27/h7-23,25-26,33,36-37,41,49H,24H2,1-6H3,(H-,44,45,47,50,51,52)/p+1/t33-,36?,37?,41-,43?/m1/s1. The van der Waals surface area contributed by atoms with Gasteiger partial charge in [-0.1, -0.05) is 100 Å². The SMILES string of the molecule is COc1ccc(C(OC2C(O)[C@H](n3cnc4c(NC(=O)c5ccccc5)ncnc43)O[C@@H]2CO[P+](=O)O)(c2ccccc2)c2ccc(OC)c([Si](C)C(C)(C)C)c2)cc1. The lowest BCUT2D eigenvalue weighted by Gasteiger charge is -2.40. The van der Waals surface area contributed by atoms with Gasteiger partial charge in [0, 0.05) is 10.1 Å². The van der Waals surface area contributed by atoms with Gasteiger partial charge in [0.15, 0.2) is 23.2 Å². The smallest absolute Gasteiger partial charge is 0.497 e. The molecule has 3 heterocycles. The lowest BCUT2D eigenvalue weighted by molar-refractivity contribution is -0.110. The average Bonchev–Trinajstić information content (AvgIpc) is 3.82. The summed E-state index contributed by atoms with van der Waals surface area (Å²) >= 11 is 0. The monoisotopic (exact) mass is 835 g/mol. The molecule has 1 aliphatic rings. The van der Waals surface area contributed by atoms with Gasteiger partial charge in [-0.3, -0.25) is 9.36 Å². The van der Waals surface area contributed by atoms with Crippen LogP contribution in [0, 0.1) is 0 Å². The van der Waals surface area contributed by atoms with E-state index >= 15 is 0 Å². The van der Waals surface area contributed by atoms with Crippen molar-refractivity contribution in [2.45, 2.75) is 62.5 Å². The molecule has 6 aromatic rings. The first-order valence-corrected chi connectivity index (χ1v) is 22.1. The Morgan fingerprint density at radius 2 is 1.56 bits per heavy atom. The highest BCUT2D eigenvalue weighted by Gasteiger charge is 2.52. The van der Waals surface area contributed by atoms with Gasteiger partial charge in [0.05, 0.1) is 29.3 Å². The molecule has 2 aromatic heterocycles. The van der Waals surface area contributed by atoms with Crippen LogP contribution in [0.2, 0.25) is 11.6 Å². The molecule has 1 radical (unpaired) electrons. The van der Waals surface area contributed by atoms with E-state index in [1.165, 1.54) is 17.2 Å². The molecule has 0 saturated carbocycles. The van der Waals surface area contributed by atoms with Crippen LogP contribution in [0.5, 0.6) is 11.5 Å². The molecule has 14 nitrogen and oxygen atoms in total. The maximum Gasteiger partial charge on any atom is 0.694 e. The predicted octanol–water partition coefficient (Wildman–Crippen LogP) is 6.53. The molecule has 1 fully saturated rings. The maximum absolute atomic E-state index is 13.1. The number of nitrogens with one attached hydrogen (secondary N) is 1. The summed E-state index contributed by atoms with van der Waals surface area (Å²) in [5.41, 5.74) is 1.73. The van der Waals surface area contributed by atoms with E-state index in [0.29, 0.717) is 16.9 Å². The molecule has 1 amide bonds. The number of hydrogen-bond donors (Lipinski definition) is 3. The summed E-state index contributed by atoms with van der Waals surface area (Å²) in [5.74, 6) is 1.16. The molecule has 1 saturated heterocycles. The molecule has 1 aliphatic heterocycles. The Balaban J connectivity index is 1.37. The zero-order valence-electron chi connectivity index (χ0n) is 33.5. The first-order valence-electron chi connectivity index (χ1n) is 18.9. The summed E-state index contributed by atoms with van der Waals surface area (Å²) in [6, 6.07) is 31.9. The number of rotatable bonds is 14. The van der Waals surface area contributed by atoms with Crippen LogP contribution in [0.25, 0.3) is 11.2 Å². The van der Waals surface area contributed by atoms with Gasteiger partial charge in [-0.05, 0) is 57.2 Å². The fourth-order valence-corrected chi connectivity index (χ4v) is 9.31. The average molecular weight is 836 g/mol. The number of anilines is 1. The second-order valence-corrected chi connectivity index (χ2v) is 19.1. The molecule has 305 valence electrons. The van der Waals surface area contributed by atoms with Gasteiger partial charge in [-0.15, -0.1) is 9.42 Å². The number of benzene rings is 4. The third-order valence-corrected chi connectivity index (χ3v) is 14.5. The van der Waals surface area contributed by atoms with Crippen LogP contribution in [0.3, 0.4) is 0 Å². The molecule has 7 rings (SSSR count). The number of aliphatic hydroxyl groups excluding tert-OH is 1. The molecule has 0 spiro atoms. The lowest BCUT2D eigenvalue weighted by atomic mass is 9.79. The van der Waals surface area contributed by atoms with Gasteiger partial charge in [-0.2, -0.15) is 0 Å². The van der Waals surface area contributed by atoms with Crippen molar-refractivity contribution in [3.8, 4) is 11.5 Å². The van der Waals surface area contributed by atoms with Crippen molar-refractivity contribution in [3.05, 3.63) is 138 Å². The van der Waals surface area contributed by atoms with E-state index in [4.69, 9.17) is 23.5 Å². The summed E-state index contributed by atoms with van der Waals surface area (Å²) < 4.78 is 44.2. The zero-order chi connectivity index (χ0) is 41.9. The van der Waals surface area contributed by atoms with Crippen LogP contribution in [0.1, 0.15) is 54.0 Å². The van der Waals surface area contributed by atoms with E-state index in [1.54, 1.807) is 38.5 Å². The minimum atomic E-state index is -3.04. The molecule has 16 heteroatoms. The number of methoxy groups -OCH3 is 2. The first-order chi connectivity index (χ1) is 28.3. The second kappa shape index (κ2) is 17.5. The van der Waals surface area contributed by atoms with Crippen LogP contribution in [-0.4, -0.2) is 83.4 Å². The van der Waals surface area contributed by atoms with Crippen LogP contribution in [0.15, 0.2) is 116 Å². The van der Waals surface area contributed by atoms with Crippen molar-refractivity contribution in [1.29, 1.82) is 0 Å². The topological polar surface area (TPSA) is 176 Å². The summed E-state index contributed by atoms with van der Waals surface area (Å²) in [6.07, 6.45) is -2.16.